The second kappa shape index (κ2) is 8.26. The van der Waals surface area contributed by atoms with Gasteiger partial charge in [-0.3, -0.25) is 0 Å². The standard InChI is InChI=1S/C12H22BrN5/c1-4-14-11-10(13)12(17-9-16-11)15-7-8-18(5-2)6-3/h9H,4-8H2,1-3H3,(H2,14,15,16,17). The minimum Gasteiger partial charge on any atom is -0.369 e. The number of nitrogens with one attached hydrogen (secondary N) is 2. The first-order chi connectivity index (χ1) is 8.72. The summed E-state index contributed by atoms with van der Waals surface area (Å²) in [6, 6.07) is 0. The van der Waals surface area contributed by atoms with Gasteiger partial charge in [-0.15, -0.1) is 0 Å². The summed E-state index contributed by atoms with van der Waals surface area (Å²) in [6.07, 6.45) is 1.57. The van der Waals surface area contributed by atoms with Gasteiger partial charge in [0.05, 0.1) is 0 Å². The maximum absolute atomic E-state index is 4.24. The van der Waals surface area contributed by atoms with E-state index in [0.29, 0.717) is 0 Å². The molecule has 18 heavy (non-hydrogen) atoms. The van der Waals surface area contributed by atoms with E-state index in [1.165, 1.54) is 0 Å². The third-order valence-electron chi connectivity index (χ3n) is 2.75. The largest absolute Gasteiger partial charge is 0.369 e. The summed E-state index contributed by atoms with van der Waals surface area (Å²) < 4.78 is 0.895. The monoisotopic (exact) mass is 315 g/mol. The number of aromatic nitrogens is 2. The molecule has 0 aliphatic rings. The van der Waals surface area contributed by atoms with Crippen molar-refractivity contribution < 1.29 is 0 Å². The molecule has 1 aromatic rings. The van der Waals surface area contributed by atoms with Crippen LogP contribution in [-0.2, 0) is 0 Å². The Balaban J connectivity index is 2.54. The average Bonchev–Trinajstić information content (AvgIpc) is 2.39. The van der Waals surface area contributed by atoms with Crippen molar-refractivity contribution in [2.24, 2.45) is 0 Å². The van der Waals surface area contributed by atoms with Crippen LogP contribution in [0.15, 0.2) is 10.8 Å². The molecule has 6 heteroatoms. The number of anilines is 2. The average molecular weight is 316 g/mol. The Bertz CT molecular complexity index is 354. The van der Waals surface area contributed by atoms with Gasteiger partial charge in [0.2, 0.25) is 0 Å². The van der Waals surface area contributed by atoms with Gasteiger partial charge in [-0.05, 0) is 35.9 Å². The van der Waals surface area contributed by atoms with Crippen molar-refractivity contribution in [1.82, 2.24) is 14.9 Å². The molecule has 0 amide bonds. The maximum atomic E-state index is 4.24. The second-order valence-electron chi connectivity index (χ2n) is 3.87. The highest BCUT2D eigenvalue weighted by molar-refractivity contribution is 9.10. The fraction of sp³-hybridized carbons (Fsp3) is 0.667. The smallest absolute Gasteiger partial charge is 0.145 e. The number of halogens is 1. The molecule has 0 atom stereocenters. The summed E-state index contributed by atoms with van der Waals surface area (Å²) in [5.41, 5.74) is 0. The van der Waals surface area contributed by atoms with E-state index in [9.17, 15) is 0 Å². The topological polar surface area (TPSA) is 53.1 Å². The zero-order valence-electron chi connectivity index (χ0n) is 11.3. The van der Waals surface area contributed by atoms with E-state index >= 15 is 0 Å². The van der Waals surface area contributed by atoms with Gasteiger partial charge in [0.15, 0.2) is 0 Å². The van der Waals surface area contributed by atoms with Crippen molar-refractivity contribution in [2.75, 3.05) is 43.4 Å². The molecular formula is C12H22BrN5. The van der Waals surface area contributed by atoms with Crippen LogP contribution in [0.3, 0.4) is 0 Å². The molecule has 1 heterocycles. The highest BCUT2D eigenvalue weighted by Crippen LogP contribution is 2.25. The molecule has 0 saturated heterocycles. The highest BCUT2D eigenvalue weighted by atomic mass is 79.9. The molecule has 2 N–H and O–H groups in total. The van der Waals surface area contributed by atoms with Crippen molar-refractivity contribution >= 4 is 27.6 Å². The highest BCUT2D eigenvalue weighted by Gasteiger charge is 2.07. The predicted molar refractivity (Wildman–Crippen MR) is 80.2 cm³/mol. The van der Waals surface area contributed by atoms with Crippen LogP contribution in [0.2, 0.25) is 0 Å². The van der Waals surface area contributed by atoms with Gasteiger partial charge >= 0.3 is 0 Å². The lowest BCUT2D eigenvalue weighted by Crippen LogP contribution is -2.28. The van der Waals surface area contributed by atoms with Gasteiger partial charge in [0, 0.05) is 19.6 Å². The Kier molecular flexibility index (Phi) is 6.97. The van der Waals surface area contributed by atoms with E-state index in [4.69, 9.17) is 0 Å². The van der Waals surface area contributed by atoms with Crippen LogP contribution in [0.25, 0.3) is 0 Å². The van der Waals surface area contributed by atoms with Crippen LogP contribution in [0, 0.1) is 0 Å². The summed E-state index contributed by atoms with van der Waals surface area (Å²) in [4.78, 5) is 10.8. The molecule has 0 fully saturated rings. The van der Waals surface area contributed by atoms with Crippen LogP contribution in [0.1, 0.15) is 20.8 Å². The van der Waals surface area contributed by atoms with Crippen molar-refractivity contribution in [3.63, 3.8) is 0 Å². The van der Waals surface area contributed by atoms with E-state index in [2.05, 4.69) is 55.3 Å². The summed E-state index contributed by atoms with van der Waals surface area (Å²) in [6.45, 7) is 11.3. The molecule has 1 rings (SSSR count). The zero-order valence-corrected chi connectivity index (χ0v) is 12.9. The van der Waals surface area contributed by atoms with E-state index in [1.807, 2.05) is 6.92 Å². The number of likely N-dealkylation sites (N-methyl/N-ethyl adjacent to an activating group) is 1. The van der Waals surface area contributed by atoms with Gasteiger partial charge in [-0.1, -0.05) is 13.8 Å². The van der Waals surface area contributed by atoms with Crippen molar-refractivity contribution in [3.8, 4) is 0 Å². The Morgan fingerprint density at radius 3 is 2.28 bits per heavy atom. The van der Waals surface area contributed by atoms with Crippen molar-refractivity contribution in [2.45, 2.75) is 20.8 Å². The molecule has 0 radical (unpaired) electrons. The molecule has 0 aliphatic carbocycles. The first kappa shape index (κ1) is 15.2. The molecule has 0 saturated carbocycles. The third kappa shape index (κ3) is 4.42. The van der Waals surface area contributed by atoms with Gasteiger partial charge in [-0.2, -0.15) is 0 Å². The molecule has 0 bridgehead atoms. The lowest BCUT2D eigenvalue weighted by Gasteiger charge is -2.18. The molecule has 1 aromatic heterocycles. The lowest BCUT2D eigenvalue weighted by molar-refractivity contribution is 0.316. The third-order valence-corrected chi connectivity index (χ3v) is 3.50. The Labute approximate surface area is 118 Å². The number of rotatable bonds is 8. The first-order valence-electron chi connectivity index (χ1n) is 6.43. The summed E-state index contributed by atoms with van der Waals surface area (Å²) in [5, 5.41) is 6.52. The molecule has 0 spiro atoms. The van der Waals surface area contributed by atoms with Gasteiger partial charge in [0.25, 0.3) is 0 Å². The van der Waals surface area contributed by atoms with Crippen LogP contribution in [-0.4, -0.2) is 47.6 Å². The van der Waals surface area contributed by atoms with Crippen LogP contribution >= 0.6 is 15.9 Å². The van der Waals surface area contributed by atoms with E-state index < -0.39 is 0 Å². The minimum atomic E-state index is 0.831. The van der Waals surface area contributed by atoms with Crippen LogP contribution in [0.4, 0.5) is 11.6 Å². The van der Waals surface area contributed by atoms with Gasteiger partial charge in [0.1, 0.15) is 22.4 Å². The Morgan fingerprint density at radius 1 is 1.11 bits per heavy atom. The fourth-order valence-corrected chi connectivity index (χ4v) is 2.14. The summed E-state index contributed by atoms with van der Waals surface area (Å²) in [5.74, 6) is 1.67. The van der Waals surface area contributed by atoms with E-state index in [1.54, 1.807) is 6.33 Å². The Morgan fingerprint density at radius 2 is 1.72 bits per heavy atom. The van der Waals surface area contributed by atoms with Crippen molar-refractivity contribution in [1.29, 1.82) is 0 Å². The predicted octanol–water partition coefficient (Wildman–Crippen LogP) is 2.42. The van der Waals surface area contributed by atoms with Gasteiger partial charge in [-0.25, -0.2) is 9.97 Å². The summed E-state index contributed by atoms with van der Waals surface area (Å²) >= 11 is 3.52. The first-order valence-corrected chi connectivity index (χ1v) is 7.22. The van der Waals surface area contributed by atoms with Gasteiger partial charge < -0.3 is 15.5 Å². The van der Waals surface area contributed by atoms with Crippen molar-refractivity contribution in [3.05, 3.63) is 10.8 Å². The molecule has 0 unspecified atom stereocenters. The molecule has 0 aromatic carbocycles. The molecule has 0 aliphatic heterocycles. The Hall–Kier alpha value is -0.880. The van der Waals surface area contributed by atoms with E-state index in [-0.39, 0.29) is 0 Å². The van der Waals surface area contributed by atoms with Crippen LogP contribution in [0.5, 0.6) is 0 Å². The number of hydrogen-bond donors (Lipinski definition) is 2. The molecule has 5 nitrogen and oxygen atoms in total. The zero-order chi connectivity index (χ0) is 13.4. The fourth-order valence-electron chi connectivity index (χ4n) is 1.66. The normalized spacial score (nSPS) is 10.7. The lowest BCUT2D eigenvalue weighted by atomic mass is 10.4. The SMILES string of the molecule is CCNc1ncnc(NCCN(CC)CC)c1Br. The molecular weight excluding hydrogens is 294 g/mol. The maximum Gasteiger partial charge on any atom is 0.145 e. The molecule has 102 valence electrons. The van der Waals surface area contributed by atoms with Crippen LogP contribution < -0.4 is 10.6 Å². The summed E-state index contributed by atoms with van der Waals surface area (Å²) in [7, 11) is 0. The number of nitrogens with zero attached hydrogens (tertiary/aromatic N) is 3. The number of hydrogen-bond acceptors (Lipinski definition) is 5. The second-order valence-corrected chi connectivity index (χ2v) is 4.66. The quantitative estimate of drug-likeness (QED) is 0.771. The minimum absolute atomic E-state index is 0.831. The van der Waals surface area contributed by atoms with E-state index in [0.717, 1.165) is 48.8 Å².